The predicted molar refractivity (Wildman–Crippen MR) is 98.8 cm³/mol. The molecule has 2 aromatic heterocycles. The van der Waals surface area contributed by atoms with Crippen LogP contribution in [0.4, 0.5) is 5.95 Å². The van der Waals surface area contributed by atoms with E-state index in [0.717, 1.165) is 22.0 Å². The van der Waals surface area contributed by atoms with E-state index >= 15 is 0 Å². The van der Waals surface area contributed by atoms with Crippen molar-refractivity contribution in [3.05, 3.63) is 52.3 Å². The zero-order valence-electron chi connectivity index (χ0n) is 14.2. The van der Waals surface area contributed by atoms with Crippen molar-refractivity contribution in [3.8, 4) is 11.3 Å². The van der Waals surface area contributed by atoms with Gasteiger partial charge in [0.1, 0.15) is 0 Å². The van der Waals surface area contributed by atoms with Crippen LogP contribution in [0.2, 0.25) is 0 Å². The van der Waals surface area contributed by atoms with Gasteiger partial charge in [0.15, 0.2) is 0 Å². The topological polar surface area (TPSA) is 116 Å². The number of imidazole rings is 1. The molecule has 4 rings (SSSR count). The third-order valence-corrected chi connectivity index (χ3v) is 4.18. The Labute approximate surface area is 147 Å². The number of aryl methyl sites for hydroxylation is 1. The number of ether oxygens (including phenoxy) is 1. The fourth-order valence-corrected chi connectivity index (χ4v) is 2.90. The molecule has 0 saturated carbocycles. The van der Waals surface area contributed by atoms with Gasteiger partial charge in [-0.1, -0.05) is 17.7 Å². The van der Waals surface area contributed by atoms with E-state index in [-0.39, 0.29) is 5.56 Å². The second-order valence-corrected chi connectivity index (χ2v) is 6.00. The quantitative estimate of drug-likeness (QED) is 0.419. The van der Waals surface area contributed by atoms with Crippen molar-refractivity contribution < 1.29 is 9.84 Å². The standard InChI is InChI=1S/C18H17N5O3/c1-9-3-5-11-12(7-9)15(22-23-16(11)24)10-4-6-13-14(8-10)20-17(19-13)21-18(25)26-2/h3-8,18,25H,1-2H3,(H,23,24)(H2,19,20,21). The molecule has 26 heavy (non-hydrogen) atoms. The van der Waals surface area contributed by atoms with Crippen molar-refractivity contribution in [1.29, 1.82) is 0 Å². The van der Waals surface area contributed by atoms with E-state index in [1.165, 1.54) is 7.11 Å². The van der Waals surface area contributed by atoms with Crippen molar-refractivity contribution in [2.45, 2.75) is 13.3 Å². The second kappa shape index (κ2) is 6.25. The van der Waals surface area contributed by atoms with Gasteiger partial charge < -0.3 is 20.1 Å². The van der Waals surface area contributed by atoms with E-state index < -0.39 is 6.41 Å². The third kappa shape index (κ3) is 2.81. The SMILES string of the molecule is COC(O)Nc1nc2cc(-c3n[nH]c(=O)c4ccc(C)cc34)ccc2[nH]1. The van der Waals surface area contributed by atoms with Crippen LogP contribution in [-0.4, -0.2) is 38.8 Å². The van der Waals surface area contributed by atoms with Gasteiger partial charge in [-0.05, 0) is 31.2 Å². The lowest BCUT2D eigenvalue weighted by atomic mass is 10.0. The zero-order chi connectivity index (χ0) is 18.3. The Morgan fingerprint density at radius 1 is 1.19 bits per heavy atom. The summed E-state index contributed by atoms with van der Waals surface area (Å²) in [6.45, 7) is 1.97. The Hall–Kier alpha value is -3.23. The molecule has 0 spiro atoms. The van der Waals surface area contributed by atoms with Gasteiger partial charge in [0.25, 0.3) is 5.56 Å². The van der Waals surface area contributed by atoms with Crippen molar-refractivity contribution in [2.75, 3.05) is 12.4 Å². The summed E-state index contributed by atoms with van der Waals surface area (Å²) in [6.07, 6.45) is -1.15. The average Bonchev–Trinajstić information content (AvgIpc) is 3.03. The summed E-state index contributed by atoms with van der Waals surface area (Å²) in [5, 5.41) is 20.4. The summed E-state index contributed by atoms with van der Waals surface area (Å²) in [5.41, 5.74) is 3.83. The molecular weight excluding hydrogens is 334 g/mol. The fraction of sp³-hybridized carbons (Fsp3) is 0.167. The lowest BCUT2D eigenvalue weighted by Gasteiger charge is -2.07. The van der Waals surface area contributed by atoms with Crippen LogP contribution in [0, 0.1) is 6.92 Å². The number of aliphatic hydroxyl groups excluding tert-OH is 1. The van der Waals surface area contributed by atoms with Gasteiger partial charge in [-0.3, -0.25) is 4.79 Å². The molecule has 4 aromatic rings. The number of H-pyrrole nitrogens is 2. The van der Waals surface area contributed by atoms with Crippen LogP contribution in [0.1, 0.15) is 5.56 Å². The van der Waals surface area contributed by atoms with Gasteiger partial charge in [0.05, 0.1) is 22.1 Å². The summed E-state index contributed by atoms with van der Waals surface area (Å²) >= 11 is 0. The van der Waals surface area contributed by atoms with Crippen LogP contribution in [0.3, 0.4) is 0 Å². The van der Waals surface area contributed by atoms with Crippen LogP contribution >= 0.6 is 0 Å². The van der Waals surface area contributed by atoms with E-state index in [2.05, 4.69) is 25.5 Å². The minimum atomic E-state index is -1.15. The van der Waals surface area contributed by atoms with Crippen LogP contribution in [0.15, 0.2) is 41.2 Å². The first-order valence-electron chi connectivity index (χ1n) is 8.02. The Morgan fingerprint density at radius 2 is 2.04 bits per heavy atom. The van der Waals surface area contributed by atoms with Gasteiger partial charge in [-0.2, -0.15) is 5.10 Å². The molecule has 8 heteroatoms. The molecule has 4 N–H and O–H groups in total. The number of nitrogens with one attached hydrogen (secondary N) is 3. The van der Waals surface area contributed by atoms with E-state index in [9.17, 15) is 9.90 Å². The Bertz CT molecular complexity index is 1160. The molecule has 0 bridgehead atoms. The molecule has 0 aliphatic heterocycles. The van der Waals surface area contributed by atoms with E-state index in [4.69, 9.17) is 4.74 Å². The molecule has 0 radical (unpaired) electrons. The first-order chi connectivity index (χ1) is 12.5. The maximum absolute atomic E-state index is 12.0. The highest BCUT2D eigenvalue weighted by molar-refractivity contribution is 5.96. The Balaban J connectivity index is 1.84. The Morgan fingerprint density at radius 3 is 2.85 bits per heavy atom. The van der Waals surface area contributed by atoms with Crippen molar-refractivity contribution in [3.63, 3.8) is 0 Å². The van der Waals surface area contributed by atoms with Crippen molar-refractivity contribution in [1.82, 2.24) is 20.2 Å². The highest BCUT2D eigenvalue weighted by Crippen LogP contribution is 2.28. The van der Waals surface area contributed by atoms with Crippen LogP contribution in [0.25, 0.3) is 33.1 Å². The number of fused-ring (bicyclic) bond motifs is 2. The largest absolute Gasteiger partial charge is 0.351 e. The molecule has 132 valence electrons. The number of nitrogens with zero attached hydrogens (tertiary/aromatic N) is 2. The lowest BCUT2D eigenvalue weighted by Crippen LogP contribution is -2.20. The second-order valence-electron chi connectivity index (χ2n) is 6.00. The molecule has 1 atom stereocenters. The highest BCUT2D eigenvalue weighted by atomic mass is 16.6. The third-order valence-electron chi connectivity index (χ3n) is 4.18. The summed E-state index contributed by atoms with van der Waals surface area (Å²) < 4.78 is 4.75. The van der Waals surface area contributed by atoms with Gasteiger partial charge in [0.2, 0.25) is 12.4 Å². The number of anilines is 1. The first kappa shape index (κ1) is 16.2. The molecule has 1 unspecified atom stereocenters. The number of aromatic nitrogens is 4. The average molecular weight is 351 g/mol. The molecule has 0 aliphatic rings. The van der Waals surface area contributed by atoms with Crippen LogP contribution in [0.5, 0.6) is 0 Å². The number of methoxy groups -OCH3 is 1. The molecule has 0 saturated heterocycles. The fourth-order valence-electron chi connectivity index (χ4n) is 2.90. The van der Waals surface area contributed by atoms with E-state index in [1.54, 1.807) is 6.07 Å². The number of hydrogen-bond donors (Lipinski definition) is 4. The van der Waals surface area contributed by atoms with Crippen LogP contribution in [-0.2, 0) is 4.74 Å². The van der Waals surface area contributed by atoms with Crippen molar-refractivity contribution >= 4 is 27.8 Å². The maximum atomic E-state index is 12.0. The lowest BCUT2D eigenvalue weighted by molar-refractivity contribution is -0.0514. The number of aliphatic hydroxyl groups is 1. The molecule has 8 nitrogen and oxygen atoms in total. The highest BCUT2D eigenvalue weighted by Gasteiger charge is 2.12. The summed E-state index contributed by atoms with van der Waals surface area (Å²) in [7, 11) is 1.38. The summed E-state index contributed by atoms with van der Waals surface area (Å²) in [6, 6.07) is 11.3. The van der Waals surface area contributed by atoms with Gasteiger partial charge in [-0.25, -0.2) is 10.1 Å². The Kier molecular flexibility index (Phi) is 3.90. The minimum absolute atomic E-state index is 0.218. The molecule has 2 heterocycles. The number of benzene rings is 2. The molecule has 2 aromatic carbocycles. The van der Waals surface area contributed by atoms with Gasteiger partial charge in [0, 0.05) is 18.1 Å². The van der Waals surface area contributed by atoms with Crippen molar-refractivity contribution in [2.24, 2.45) is 0 Å². The number of rotatable bonds is 4. The number of hydrogen-bond acceptors (Lipinski definition) is 6. The number of aromatic amines is 2. The molecule has 0 fully saturated rings. The van der Waals surface area contributed by atoms with Crippen LogP contribution < -0.4 is 10.9 Å². The monoisotopic (exact) mass is 351 g/mol. The van der Waals surface area contributed by atoms with E-state index in [1.807, 2.05) is 37.3 Å². The summed E-state index contributed by atoms with van der Waals surface area (Å²) in [5.74, 6) is 0.390. The normalized spacial score (nSPS) is 12.6. The zero-order valence-corrected chi connectivity index (χ0v) is 14.2. The van der Waals surface area contributed by atoms with E-state index in [0.29, 0.717) is 22.5 Å². The van der Waals surface area contributed by atoms with Gasteiger partial charge in [-0.15, -0.1) is 0 Å². The van der Waals surface area contributed by atoms with Gasteiger partial charge >= 0.3 is 0 Å². The molecule has 0 amide bonds. The smallest absolute Gasteiger partial charge is 0.272 e. The predicted octanol–water partition coefficient (Wildman–Crippen LogP) is 2.11. The molecular formula is C18H17N5O3. The summed E-state index contributed by atoms with van der Waals surface area (Å²) in [4.78, 5) is 19.5. The molecule has 0 aliphatic carbocycles. The first-order valence-corrected chi connectivity index (χ1v) is 8.02. The minimum Gasteiger partial charge on any atom is -0.351 e. The maximum Gasteiger partial charge on any atom is 0.272 e.